The van der Waals surface area contributed by atoms with Gasteiger partial charge in [-0.3, -0.25) is 4.68 Å². The Bertz CT molecular complexity index is 2320. The first-order valence-electron chi connectivity index (χ1n) is 14.7. The molecule has 0 aliphatic rings. The number of nitrogens with zero attached hydrogens (tertiary/aromatic N) is 4. The van der Waals surface area contributed by atoms with E-state index in [0.717, 1.165) is 33.4 Å². The fraction of sp³-hybridized carbons (Fsp3) is 0.135. The van der Waals surface area contributed by atoms with Gasteiger partial charge in [-0.15, -0.1) is 35.7 Å². The summed E-state index contributed by atoms with van der Waals surface area (Å²) in [5.74, 6) is 1.31. The number of rotatable bonds is 5. The van der Waals surface area contributed by atoms with Crippen molar-refractivity contribution in [1.29, 1.82) is 0 Å². The number of halogens is 6. The monoisotopic (exact) mass is 849 g/mol. The molecule has 0 saturated carbocycles. The van der Waals surface area contributed by atoms with Crippen LogP contribution in [0.15, 0.2) is 91.1 Å². The van der Waals surface area contributed by atoms with Crippen LogP contribution in [0.25, 0.3) is 44.4 Å². The molecule has 3 aromatic heterocycles. The number of para-hydroxylation sites is 1. The molecule has 0 N–H and O–H groups in total. The molecule has 3 heterocycles. The van der Waals surface area contributed by atoms with Gasteiger partial charge in [-0.1, -0.05) is 29.8 Å². The third-order valence-corrected chi connectivity index (χ3v) is 8.10. The van der Waals surface area contributed by atoms with E-state index in [1.807, 2.05) is 54.0 Å². The van der Waals surface area contributed by atoms with Crippen molar-refractivity contribution >= 4 is 21.8 Å². The van der Waals surface area contributed by atoms with Crippen LogP contribution in [-0.4, -0.2) is 19.3 Å². The first-order chi connectivity index (χ1) is 22.8. The SMILES string of the molecule is Cc1ccnc(-n2c3[c-]c(Oc4[c-]c(-n5nc(C)c(-c6c(C(F)(F)F)cccc6C(F)(F)F)c5C)ccc4)ccc3c3ccccc32)c1.[Pt+2]. The summed E-state index contributed by atoms with van der Waals surface area (Å²) < 4.78 is 93.6. The van der Waals surface area contributed by atoms with E-state index in [9.17, 15) is 26.3 Å². The summed E-state index contributed by atoms with van der Waals surface area (Å²) >= 11 is 0. The van der Waals surface area contributed by atoms with Crippen LogP contribution in [-0.2, 0) is 33.4 Å². The van der Waals surface area contributed by atoms with E-state index in [1.165, 1.54) is 18.5 Å². The van der Waals surface area contributed by atoms with Gasteiger partial charge in [-0.05, 0) is 67.7 Å². The van der Waals surface area contributed by atoms with Crippen molar-refractivity contribution in [2.75, 3.05) is 0 Å². The molecule has 0 spiro atoms. The van der Waals surface area contributed by atoms with Crippen molar-refractivity contribution in [2.24, 2.45) is 0 Å². The van der Waals surface area contributed by atoms with Crippen molar-refractivity contribution in [2.45, 2.75) is 33.1 Å². The molecule has 0 aliphatic heterocycles. The second-order valence-electron chi connectivity index (χ2n) is 11.3. The molecule has 0 saturated heterocycles. The maximum Gasteiger partial charge on any atom is 2.00 e. The topological polar surface area (TPSA) is 44.9 Å². The van der Waals surface area contributed by atoms with Crippen LogP contribution in [0.2, 0.25) is 0 Å². The summed E-state index contributed by atoms with van der Waals surface area (Å²) in [6.45, 7) is 4.78. The number of aromatic nitrogens is 4. The first-order valence-corrected chi connectivity index (χ1v) is 14.7. The fourth-order valence-corrected chi connectivity index (χ4v) is 6.09. The van der Waals surface area contributed by atoms with Gasteiger partial charge in [0.2, 0.25) is 0 Å². The Kier molecular flexibility index (Phi) is 8.69. The minimum Gasteiger partial charge on any atom is -0.509 e. The predicted molar refractivity (Wildman–Crippen MR) is 170 cm³/mol. The van der Waals surface area contributed by atoms with Crippen molar-refractivity contribution < 1.29 is 52.1 Å². The third kappa shape index (κ3) is 6.12. The largest absolute Gasteiger partial charge is 2.00 e. The Morgan fingerprint density at radius 3 is 2.06 bits per heavy atom. The van der Waals surface area contributed by atoms with E-state index >= 15 is 0 Å². The summed E-state index contributed by atoms with van der Waals surface area (Å²) in [7, 11) is 0. The molecule has 5 nitrogen and oxygen atoms in total. The normalized spacial score (nSPS) is 12.0. The summed E-state index contributed by atoms with van der Waals surface area (Å²) in [6, 6.07) is 28.8. The van der Waals surface area contributed by atoms with Crippen LogP contribution < -0.4 is 4.74 Å². The fourth-order valence-electron chi connectivity index (χ4n) is 6.09. The van der Waals surface area contributed by atoms with Crippen LogP contribution in [0.5, 0.6) is 11.5 Å². The zero-order valence-electron chi connectivity index (χ0n) is 25.9. The molecular weight excluding hydrogens is 825 g/mol. The van der Waals surface area contributed by atoms with E-state index in [-0.39, 0.29) is 49.5 Å². The van der Waals surface area contributed by atoms with Crippen molar-refractivity contribution in [1.82, 2.24) is 19.3 Å². The predicted octanol–water partition coefficient (Wildman–Crippen LogP) is 10.4. The van der Waals surface area contributed by atoms with Gasteiger partial charge in [0.25, 0.3) is 0 Å². The molecule has 250 valence electrons. The Hall–Kier alpha value is -4.89. The molecule has 7 rings (SSSR count). The minimum absolute atomic E-state index is 0. The van der Waals surface area contributed by atoms with E-state index in [4.69, 9.17) is 4.74 Å². The number of ether oxygens (including phenoxy) is 1. The molecule has 0 radical (unpaired) electrons. The maximum absolute atomic E-state index is 14.0. The number of pyridine rings is 1. The van der Waals surface area contributed by atoms with Crippen LogP contribution in [0.3, 0.4) is 0 Å². The number of benzene rings is 4. The van der Waals surface area contributed by atoms with Gasteiger partial charge < -0.3 is 9.30 Å². The number of hydrogen-bond donors (Lipinski definition) is 0. The van der Waals surface area contributed by atoms with Gasteiger partial charge in [0.15, 0.2) is 0 Å². The van der Waals surface area contributed by atoms with Gasteiger partial charge in [-0.2, -0.15) is 43.6 Å². The molecule has 0 bridgehead atoms. The minimum atomic E-state index is -5.03. The summed E-state index contributed by atoms with van der Waals surface area (Å²) in [5, 5.41) is 6.29. The summed E-state index contributed by atoms with van der Waals surface area (Å²) in [5.41, 5.74) is -0.980. The summed E-state index contributed by atoms with van der Waals surface area (Å²) in [6.07, 6.45) is -8.32. The van der Waals surface area contributed by atoms with E-state index in [1.54, 1.807) is 30.5 Å². The molecule has 0 amide bonds. The Morgan fingerprint density at radius 2 is 1.37 bits per heavy atom. The smallest absolute Gasteiger partial charge is 0.509 e. The number of hydrogen-bond acceptors (Lipinski definition) is 3. The van der Waals surface area contributed by atoms with Crippen LogP contribution in [0.4, 0.5) is 26.3 Å². The van der Waals surface area contributed by atoms with Crippen molar-refractivity contribution in [3.05, 3.63) is 131 Å². The van der Waals surface area contributed by atoms with Crippen LogP contribution in [0, 0.1) is 32.9 Å². The number of aryl methyl sites for hydroxylation is 2. The van der Waals surface area contributed by atoms with Crippen molar-refractivity contribution in [3.8, 4) is 34.1 Å². The van der Waals surface area contributed by atoms with E-state index in [2.05, 4.69) is 22.2 Å². The van der Waals surface area contributed by atoms with Gasteiger partial charge in [0, 0.05) is 40.0 Å². The molecule has 0 atom stereocenters. The zero-order valence-corrected chi connectivity index (χ0v) is 28.2. The van der Waals surface area contributed by atoms with Gasteiger partial charge in [0.05, 0.1) is 16.8 Å². The average Bonchev–Trinajstić information content (AvgIpc) is 3.52. The van der Waals surface area contributed by atoms with E-state index < -0.39 is 29.0 Å². The first kappa shape index (κ1) is 34.0. The molecule has 4 aromatic carbocycles. The Labute approximate surface area is 291 Å². The van der Waals surface area contributed by atoms with Gasteiger partial charge in [-0.25, -0.2) is 4.98 Å². The number of fused-ring (bicyclic) bond motifs is 3. The van der Waals surface area contributed by atoms with Crippen LogP contribution >= 0.6 is 0 Å². The molecule has 49 heavy (non-hydrogen) atoms. The van der Waals surface area contributed by atoms with Gasteiger partial charge in [0.1, 0.15) is 5.82 Å². The van der Waals surface area contributed by atoms with Gasteiger partial charge >= 0.3 is 33.4 Å². The standard InChI is InChI=1S/C37H24F6N4O.Pt/c1-21-16-17-44-33(18-21)46-31-13-5-4-10-27(31)28-15-14-26(20-32(28)46)48-25-9-6-8-24(19-25)47-23(3)34(22(2)45-47)35-29(36(38,39)40)11-7-12-30(35)37(41,42)43;/h4-18H,1-3H3;/q-2;+2. The van der Waals surface area contributed by atoms with Crippen molar-refractivity contribution in [3.63, 3.8) is 0 Å². The zero-order chi connectivity index (χ0) is 34.0. The maximum atomic E-state index is 14.0. The molecular formula is C37H24F6N4OPt. The summed E-state index contributed by atoms with van der Waals surface area (Å²) in [4.78, 5) is 4.58. The molecule has 0 aliphatic carbocycles. The third-order valence-electron chi connectivity index (χ3n) is 8.10. The second kappa shape index (κ2) is 12.5. The molecule has 7 aromatic rings. The number of alkyl halides is 6. The molecule has 0 fully saturated rings. The average molecular weight is 850 g/mol. The van der Waals surface area contributed by atoms with Crippen LogP contribution in [0.1, 0.15) is 28.1 Å². The second-order valence-corrected chi connectivity index (χ2v) is 11.3. The Balaban J connectivity index is 0.00000417. The Morgan fingerprint density at radius 1 is 0.694 bits per heavy atom. The molecule has 12 heteroatoms. The van der Waals surface area contributed by atoms with E-state index in [0.29, 0.717) is 23.7 Å². The molecule has 0 unspecified atom stereocenters. The quantitative estimate of drug-likeness (QED) is 0.128.